The molecule has 0 unspecified atom stereocenters. The molecule has 0 aliphatic heterocycles. The van der Waals surface area contributed by atoms with Crippen molar-refractivity contribution in [1.82, 2.24) is 19.7 Å². The summed E-state index contributed by atoms with van der Waals surface area (Å²) in [6.07, 6.45) is 3.50. The average Bonchev–Trinajstić information content (AvgIpc) is 3.12. The van der Waals surface area contributed by atoms with Gasteiger partial charge >= 0.3 is 0 Å². The summed E-state index contributed by atoms with van der Waals surface area (Å²) in [5.74, 6) is 0.826. The van der Waals surface area contributed by atoms with E-state index < -0.39 is 0 Å². The van der Waals surface area contributed by atoms with Gasteiger partial charge in [0.25, 0.3) is 0 Å². The lowest BCUT2D eigenvalue weighted by Gasteiger charge is -2.06. The second kappa shape index (κ2) is 4.62. The van der Waals surface area contributed by atoms with Crippen molar-refractivity contribution in [3.05, 3.63) is 40.7 Å². The first-order valence-corrected chi connectivity index (χ1v) is 7.45. The van der Waals surface area contributed by atoms with Crippen molar-refractivity contribution in [2.24, 2.45) is 7.05 Å². The van der Waals surface area contributed by atoms with Crippen LogP contribution < -0.4 is 5.32 Å². The van der Waals surface area contributed by atoms with E-state index in [1.165, 1.54) is 28.9 Å². The minimum atomic E-state index is 0.762. The van der Waals surface area contributed by atoms with E-state index in [1.807, 2.05) is 17.8 Å². The largest absolute Gasteiger partial charge is 0.350 e. The van der Waals surface area contributed by atoms with Crippen molar-refractivity contribution in [3.63, 3.8) is 0 Å². The van der Waals surface area contributed by atoms with E-state index in [4.69, 9.17) is 0 Å². The number of hydrogen-bond acceptors (Lipinski definition) is 3. The minimum Gasteiger partial charge on any atom is -0.350 e. The summed E-state index contributed by atoms with van der Waals surface area (Å²) in [6.45, 7) is 2.85. The highest BCUT2D eigenvalue weighted by Crippen LogP contribution is 2.25. The molecule has 0 amide bonds. The van der Waals surface area contributed by atoms with Gasteiger partial charge in [0.1, 0.15) is 0 Å². The topological polar surface area (TPSA) is 58.5 Å². The number of nitrogens with one attached hydrogen (secondary N) is 2. The fourth-order valence-electron chi connectivity index (χ4n) is 3.23. The molecule has 0 saturated heterocycles. The van der Waals surface area contributed by atoms with E-state index in [1.54, 1.807) is 0 Å². The first-order chi connectivity index (χ1) is 10.2. The van der Waals surface area contributed by atoms with E-state index in [9.17, 15) is 0 Å². The Kier molecular flexibility index (Phi) is 2.74. The lowest BCUT2D eigenvalue weighted by Crippen LogP contribution is -2.08. The smallest absolute Gasteiger partial charge is 0.201 e. The number of hydrogen-bond donors (Lipinski definition) is 2. The summed E-state index contributed by atoms with van der Waals surface area (Å²) in [5, 5.41) is 8.01. The van der Waals surface area contributed by atoms with E-state index in [0.717, 1.165) is 36.4 Å². The van der Waals surface area contributed by atoms with E-state index in [2.05, 4.69) is 39.4 Å². The second-order valence-corrected chi connectivity index (χ2v) is 5.76. The third-order valence-electron chi connectivity index (χ3n) is 4.34. The van der Waals surface area contributed by atoms with Gasteiger partial charge < -0.3 is 10.3 Å². The first kappa shape index (κ1) is 12.4. The fraction of sp³-hybridized carbons (Fsp3) is 0.375. The number of imidazole rings is 1. The van der Waals surface area contributed by atoms with Crippen molar-refractivity contribution in [2.45, 2.75) is 32.7 Å². The number of aryl methyl sites for hydroxylation is 3. The Hall–Kier alpha value is -2.30. The molecule has 108 valence electrons. The van der Waals surface area contributed by atoms with Gasteiger partial charge in [-0.3, -0.25) is 4.68 Å². The van der Waals surface area contributed by atoms with E-state index in [-0.39, 0.29) is 0 Å². The maximum Gasteiger partial charge on any atom is 0.201 e. The molecule has 0 fully saturated rings. The highest BCUT2D eigenvalue weighted by Gasteiger charge is 2.20. The summed E-state index contributed by atoms with van der Waals surface area (Å²) in [5.41, 5.74) is 7.29. The molecule has 5 heteroatoms. The number of aromatic amines is 1. The number of aromatic nitrogens is 4. The van der Waals surface area contributed by atoms with Crippen molar-refractivity contribution in [3.8, 4) is 0 Å². The number of rotatable bonds is 3. The molecular weight excluding hydrogens is 262 g/mol. The van der Waals surface area contributed by atoms with Gasteiger partial charge in [-0.2, -0.15) is 5.10 Å². The molecule has 2 aromatic heterocycles. The summed E-state index contributed by atoms with van der Waals surface area (Å²) >= 11 is 0. The molecule has 1 aliphatic carbocycles. The second-order valence-electron chi connectivity index (χ2n) is 5.76. The van der Waals surface area contributed by atoms with Crippen LogP contribution in [0.1, 0.15) is 28.9 Å². The maximum atomic E-state index is 4.64. The zero-order valence-electron chi connectivity index (χ0n) is 12.4. The average molecular weight is 281 g/mol. The number of para-hydroxylation sites is 1. The van der Waals surface area contributed by atoms with Gasteiger partial charge in [0.15, 0.2) is 0 Å². The van der Waals surface area contributed by atoms with Gasteiger partial charge in [0, 0.05) is 7.05 Å². The normalized spacial score (nSPS) is 13.8. The molecule has 0 atom stereocenters. The van der Waals surface area contributed by atoms with Crippen LogP contribution in [0.2, 0.25) is 0 Å². The van der Waals surface area contributed by atoms with Crippen LogP contribution in [0.15, 0.2) is 18.2 Å². The fourth-order valence-corrected chi connectivity index (χ4v) is 3.23. The number of benzene rings is 1. The van der Waals surface area contributed by atoms with Gasteiger partial charge in [-0.25, -0.2) is 4.98 Å². The summed E-state index contributed by atoms with van der Waals surface area (Å²) in [4.78, 5) is 7.97. The Bertz CT molecular complexity index is 812. The highest BCUT2D eigenvalue weighted by molar-refractivity contribution is 5.80. The molecule has 2 N–H and O–H groups in total. The Morgan fingerprint density at radius 1 is 1.33 bits per heavy atom. The number of H-pyrrole nitrogens is 1. The van der Waals surface area contributed by atoms with Crippen LogP contribution >= 0.6 is 0 Å². The Balaban J connectivity index is 1.60. The SMILES string of the molecule is Cc1cccc2[nH]c(NCc3c4c(nn3C)CCC4)nc12. The van der Waals surface area contributed by atoms with Gasteiger partial charge in [0.05, 0.1) is 29.0 Å². The molecule has 5 nitrogen and oxygen atoms in total. The molecule has 1 aliphatic rings. The van der Waals surface area contributed by atoms with Crippen LogP contribution in [0.3, 0.4) is 0 Å². The Labute approximate surface area is 123 Å². The van der Waals surface area contributed by atoms with Crippen LogP contribution in [0.5, 0.6) is 0 Å². The number of nitrogens with zero attached hydrogens (tertiary/aromatic N) is 3. The number of anilines is 1. The molecule has 0 bridgehead atoms. The molecular formula is C16H19N5. The third-order valence-corrected chi connectivity index (χ3v) is 4.34. The molecule has 3 aromatic rings. The zero-order chi connectivity index (χ0) is 14.4. The minimum absolute atomic E-state index is 0.762. The predicted molar refractivity (Wildman–Crippen MR) is 83.4 cm³/mol. The quantitative estimate of drug-likeness (QED) is 0.776. The zero-order valence-corrected chi connectivity index (χ0v) is 12.4. The van der Waals surface area contributed by atoms with Crippen LogP contribution in [-0.4, -0.2) is 19.7 Å². The van der Waals surface area contributed by atoms with E-state index >= 15 is 0 Å². The van der Waals surface area contributed by atoms with Crippen LogP contribution in [0.25, 0.3) is 11.0 Å². The van der Waals surface area contributed by atoms with Crippen molar-refractivity contribution >= 4 is 17.0 Å². The van der Waals surface area contributed by atoms with E-state index in [0.29, 0.717) is 0 Å². The van der Waals surface area contributed by atoms with Crippen LogP contribution in [-0.2, 0) is 26.4 Å². The van der Waals surface area contributed by atoms with Gasteiger partial charge in [-0.15, -0.1) is 0 Å². The molecule has 4 rings (SSSR count). The Morgan fingerprint density at radius 2 is 2.24 bits per heavy atom. The first-order valence-electron chi connectivity index (χ1n) is 7.45. The summed E-state index contributed by atoms with van der Waals surface area (Å²) in [7, 11) is 2.03. The molecule has 0 radical (unpaired) electrons. The number of fused-ring (bicyclic) bond motifs is 2. The van der Waals surface area contributed by atoms with Gasteiger partial charge in [-0.05, 0) is 43.4 Å². The highest BCUT2D eigenvalue weighted by atomic mass is 15.3. The summed E-state index contributed by atoms with van der Waals surface area (Å²) in [6, 6.07) is 6.19. The third kappa shape index (κ3) is 2.00. The van der Waals surface area contributed by atoms with Crippen molar-refractivity contribution in [2.75, 3.05) is 5.32 Å². The Morgan fingerprint density at radius 3 is 3.10 bits per heavy atom. The summed E-state index contributed by atoms with van der Waals surface area (Å²) < 4.78 is 2.00. The van der Waals surface area contributed by atoms with Crippen LogP contribution in [0, 0.1) is 6.92 Å². The van der Waals surface area contributed by atoms with Crippen molar-refractivity contribution in [1.29, 1.82) is 0 Å². The monoisotopic (exact) mass is 281 g/mol. The standard InChI is InChI=1S/C16H19N5/c1-10-5-3-8-13-15(10)19-16(18-13)17-9-14-11-6-4-7-12(11)20-21(14)2/h3,5,8H,4,6-7,9H2,1-2H3,(H2,17,18,19). The molecule has 2 heterocycles. The van der Waals surface area contributed by atoms with Crippen LogP contribution in [0.4, 0.5) is 5.95 Å². The van der Waals surface area contributed by atoms with Crippen molar-refractivity contribution < 1.29 is 0 Å². The molecule has 21 heavy (non-hydrogen) atoms. The van der Waals surface area contributed by atoms with Gasteiger partial charge in [-0.1, -0.05) is 12.1 Å². The maximum absolute atomic E-state index is 4.64. The lowest BCUT2D eigenvalue weighted by atomic mass is 10.2. The van der Waals surface area contributed by atoms with Gasteiger partial charge in [0.2, 0.25) is 5.95 Å². The molecule has 1 aromatic carbocycles. The molecule has 0 saturated carbocycles. The predicted octanol–water partition coefficient (Wildman–Crippen LogP) is 2.71. The lowest BCUT2D eigenvalue weighted by molar-refractivity contribution is 0.687. The molecule has 0 spiro atoms.